The minimum absolute atomic E-state index is 0.0143. The Balaban J connectivity index is 1.27. The van der Waals surface area contributed by atoms with Gasteiger partial charge in [0.2, 0.25) is 0 Å². The minimum Gasteiger partial charge on any atom is -0.349 e. The van der Waals surface area contributed by atoms with Gasteiger partial charge >= 0.3 is 0 Å². The lowest BCUT2D eigenvalue weighted by Gasteiger charge is -2.45. The quantitative estimate of drug-likeness (QED) is 0.923. The van der Waals surface area contributed by atoms with Crippen LogP contribution in [0.25, 0.3) is 0 Å². The van der Waals surface area contributed by atoms with Crippen molar-refractivity contribution in [3.63, 3.8) is 0 Å². The number of carbonyl (C=O) groups excluding carboxylic acids is 1. The topological polar surface area (TPSA) is 71.0 Å². The van der Waals surface area contributed by atoms with Crippen molar-refractivity contribution in [3.8, 4) is 0 Å². The number of hydrogen-bond acceptors (Lipinski definition) is 5. The Morgan fingerprint density at radius 3 is 2.84 bits per heavy atom. The molecule has 1 aliphatic heterocycles. The lowest BCUT2D eigenvalue weighted by Crippen LogP contribution is -2.51. The third-order valence-electron chi connectivity index (χ3n) is 5.38. The predicted octanol–water partition coefficient (Wildman–Crippen LogP) is 1.96. The molecule has 3 heterocycles. The second-order valence-electron chi connectivity index (χ2n) is 7.42. The van der Waals surface area contributed by atoms with E-state index in [2.05, 4.69) is 25.2 Å². The van der Waals surface area contributed by atoms with E-state index in [1.807, 2.05) is 19.3 Å². The number of nitrogens with zero attached hydrogens (tertiary/aromatic N) is 4. The van der Waals surface area contributed by atoms with Gasteiger partial charge in [0.25, 0.3) is 5.91 Å². The van der Waals surface area contributed by atoms with E-state index in [0.29, 0.717) is 11.0 Å². The minimum atomic E-state index is -0.0143. The van der Waals surface area contributed by atoms with Crippen molar-refractivity contribution in [1.29, 1.82) is 0 Å². The van der Waals surface area contributed by atoms with E-state index >= 15 is 0 Å². The maximum Gasteiger partial charge on any atom is 0.253 e. The van der Waals surface area contributed by atoms with Crippen LogP contribution < -0.4 is 5.32 Å². The van der Waals surface area contributed by atoms with Crippen LogP contribution in [0, 0.1) is 12.3 Å². The van der Waals surface area contributed by atoms with Gasteiger partial charge in [0.05, 0.1) is 5.56 Å². The zero-order chi connectivity index (χ0) is 17.3. The number of carbonyl (C=O) groups is 1. The predicted molar refractivity (Wildman–Crippen MR) is 93.8 cm³/mol. The summed E-state index contributed by atoms with van der Waals surface area (Å²) in [6.45, 7) is 5.02. The van der Waals surface area contributed by atoms with Gasteiger partial charge in [0.15, 0.2) is 0 Å². The van der Waals surface area contributed by atoms with Crippen LogP contribution in [-0.2, 0) is 6.54 Å². The zero-order valence-electron chi connectivity index (χ0n) is 14.5. The second-order valence-corrected chi connectivity index (χ2v) is 7.42. The Bertz CT molecular complexity index is 740. The molecule has 0 aromatic carbocycles. The molecule has 2 aromatic heterocycles. The van der Waals surface area contributed by atoms with Crippen LogP contribution in [0.1, 0.15) is 41.0 Å². The lowest BCUT2D eigenvalue weighted by molar-refractivity contribution is 0.0694. The van der Waals surface area contributed by atoms with Crippen LogP contribution in [-0.4, -0.2) is 44.9 Å². The first-order valence-corrected chi connectivity index (χ1v) is 8.83. The summed E-state index contributed by atoms with van der Waals surface area (Å²) in [4.78, 5) is 27.2. The van der Waals surface area contributed by atoms with Crippen molar-refractivity contribution in [2.45, 2.75) is 38.8 Å². The van der Waals surface area contributed by atoms with E-state index in [-0.39, 0.29) is 11.9 Å². The van der Waals surface area contributed by atoms with Gasteiger partial charge in [-0.05, 0) is 50.3 Å². The Morgan fingerprint density at radius 2 is 2.12 bits per heavy atom. The first-order chi connectivity index (χ1) is 12.1. The molecule has 2 fully saturated rings. The largest absolute Gasteiger partial charge is 0.349 e. The smallest absolute Gasteiger partial charge is 0.253 e. The highest BCUT2D eigenvalue weighted by molar-refractivity contribution is 5.94. The molecule has 6 nitrogen and oxygen atoms in total. The fourth-order valence-corrected chi connectivity index (χ4v) is 4.11. The van der Waals surface area contributed by atoms with Crippen molar-refractivity contribution in [1.82, 2.24) is 25.2 Å². The third kappa shape index (κ3) is 3.54. The van der Waals surface area contributed by atoms with Gasteiger partial charge in [-0.3, -0.25) is 14.7 Å². The van der Waals surface area contributed by atoms with Crippen LogP contribution in [0.3, 0.4) is 0 Å². The molecule has 25 heavy (non-hydrogen) atoms. The molecule has 2 aromatic rings. The molecule has 1 saturated heterocycles. The number of amides is 1. The van der Waals surface area contributed by atoms with Crippen molar-refractivity contribution >= 4 is 5.91 Å². The second kappa shape index (κ2) is 6.52. The SMILES string of the molecule is Cc1ncc(CN2CCC3(CC(NC(=O)c4cccnc4)C3)C2)cn1. The van der Waals surface area contributed by atoms with E-state index < -0.39 is 0 Å². The van der Waals surface area contributed by atoms with Gasteiger partial charge < -0.3 is 5.32 Å². The summed E-state index contributed by atoms with van der Waals surface area (Å²) < 4.78 is 0. The van der Waals surface area contributed by atoms with Crippen molar-refractivity contribution in [3.05, 3.63) is 53.9 Å². The molecular formula is C19H23N5O. The standard InChI is InChI=1S/C19H23N5O/c1-14-21-9-15(10-22-14)12-24-6-4-19(13-24)7-17(8-19)23-18(25)16-3-2-5-20-11-16/h2-3,5,9-11,17H,4,6-8,12-13H2,1H3,(H,23,25). The van der Waals surface area contributed by atoms with Crippen LogP contribution >= 0.6 is 0 Å². The highest BCUT2D eigenvalue weighted by Crippen LogP contribution is 2.48. The summed E-state index contributed by atoms with van der Waals surface area (Å²) in [5, 5.41) is 3.14. The molecule has 0 unspecified atom stereocenters. The monoisotopic (exact) mass is 337 g/mol. The molecule has 4 rings (SSSR count). The molecule has 1 saturated carbocycles. The number of nitrogens with one attached hydrogen (secondary N) is 1. The van der Waals surface area contributed by atoms with Crippen LogP contribution in [0.4, 0.5) is 0 Å². The molecule has 6 heteroatoms. The van der Waals surface area contributed by atoms with E-state index in [9.17, 15) is 4.79 Å². The van der Waals surface area contributed by atoms with Crippen LogP contribution in [0.15, 0.2) is 36.9 Å². The maximum atomic E-state index is 12.2. The average molecular weight is 337 g/mol. The van der Waals surface area contributed by atoms with E-state index in [4.69, 9.17) is 0 Å². The van der Waals surface area contributed by atoms with E-state index in [1.165, 1.54) is 12.0 Å². The van der Waals surface area contributed by atoms with Crippen molar-refractivity contribution in [2.75, 3.05) is 13.1 Å². The molecule has 1 spiro atoms. The normalized spacial score (nSPS) is 25.7. The maximum absolute atomic E-state index is 12.2. The van der Waals surface area contributed by atoms with Crippen LogP contribution in [0.5, 0.6) is 0 Å². The van der Waals surface area contributed by atoms with Crippen molar-refractivity contribution in [2.24, 2.45) is 5.41 Å². The fourth-order valence-electron chi connectivity index (χ4n) is 4.11. The Morgan fingerprint density at radius 1 is 1.32 bits per heavy atom. The summed E-state index contributed by atoms with van der Waals surface area (Å²) in [7, 11) is 0. The van der Waals surface area contributed by atoms with Gasteiger partial charge in [-0.15, -0.1) is 0 Å². The third-order valence-corrected chi connectivity index (χ3v) is 5.38. The molecule has 0 radical (unpaired) electrons. The number of rotatable bonds is 4. The van der Waals surface area contributed by atoms with Crippen LogP contribution in [0.2, 0.25) is 0 Å². The molecule has 1 N–H and O–H groups in total. The molecule has 1 aliphatic carbocycles. The number of aromatic nitrogens is 3. The molecule has 0 atom stereocenters. The Hall–Kier alpha value is -2.34. The highest BCUT2D eigenvalue weighted by Gasteiger charge is 2.48. The van der Waals surface area contributed by atoms with E-state index in [1.54, 1.807) is 24.5 Å². The molecular weight excluding hydrogens is 314 g/mol. The number of aryl methyl sites for hydroxylation is 1. The molecule has 1 amide bonds. The average Bonchev–Trinajstić information content (AvgIpc) is 3.01. The molecule has 0 bridgehead atoms. The van der Waals surface area contributed by atoms with Gasteiger partial charge in [-0.2, -0.15) is 0 Å². The Kier molecular flexibility index (Phi) is 4.21. The fraction of sp³-hybridized carbons (Fsp3) is 0.474. The first kappa shape index (κ1) is 16.1. The van der Waals surface area contributed by atoms with Gasteiger partial charge in [0, 0.05) is 49.5 Å². The van der Waals surface area contributed by atoms with Gasteiger partial charge in [-0.25, -0.2) is 9.97 Å². The van der Waals surface area contributed by atoms with E-state index in [0.717, 1.165) is 38.3 Å². The number of pyridine rings is 1. The summed E-state index contributed by atoms with van der Waals surface area (Å²) >= 11 is 0. The number of likely N-dealkylation sites (tertiary alicyclic amines) is 1. The summed E-state index contributed by atoms with van der Waals surface area (Å²) in [5.74, 6) is 0.799. The molecule has 2 aliphatic rings. The first-order valence-electron chi connectivity index (χ1n) is 8.83. The van der Waals surface area contributed by atoms with Gasteiger partial charge in [-0.1, -0.05) is 0 Å². The van der Waals surface area contributed by atoms with Crippen molar-refractivity contribution < 1.29 is 4.79 Å². The van der Waals surface area contributed by atoms with Gasteiger partial charge in [0.1, 0.15) is 5.82 Å². The molecule has 130 valence electrons. The zero-order valence-corrected chi connectivity index (χ0v) is 14.5. The summed E-state index contributed by atoms with van der Waals surface area (Å²) in [5.41, 5.74) is 2.18. The summed E-state index contributed by atoms with van der Waals surface area (Å²) in [6.07, 6.45) is 10.5. The summed E-state index contributed by atoms with van der Waals surface area (Å²) in [6, 6.07) is 3.88. The highest BCUT2D eigenvalue weighted by atomic mass is 16.1. The number of hydrogen-bond donors (Lipinski definition) is 1. The Labute approximate surface area is 147 Å². The lowest BCUT2D eigenvalue weighted by atomic mass is 9.65.